The smallest absolute Gasteiger partial charge is 0.408 e. The summed E-state index contributed by atoms with van der Waals surface area (Å²) in [7, 11) is 1.57. The fourth-order valence-electron chi connectivity index (χ4n) is 2.87. The second kappa shape index (κ2) is 11.9. The molecule has 0 spiro atoms. The Morgan fingerprint density at radius 2 is 1.55 bits per heavy atom. The Morgan fingerprint density at radius 1 is 0.909 bits per heavy atom. The third-order valence-corrected chi connectivity index (χ3v) is 4.55. The van der Waals surface area contributed by atoms with Crippen molar-refractivity contribution in [3.8, 4) is 5.75 Å². The molecule has 0 radical (unpaired) electrons. The molecule has 8 heteroatoms. The summed E-state index contributed by atoms with van der Waals surface area (Å²) >= 11 is 0. The van der Waals surface area contributed by atoms with Crippen LogP contribution in [0.2, 0.25) is 0 Å². The van der Waals surface area contributed by atoms with Gasteiger partial charge in [0.05, 0.1) is 7.11 Å². The summed E-state index contributed by atoms with van der Waals surface area (Å²) in [5.74, 6) is -0.426. The second-order valence-electron chi connectivity index (χ2n) is 8.57. The van der Waals surface area contributed by atoms with Gasteiger partial charge in [-0.15, -0.1) is 0 Å². The highest BCUT2D eigenvalue weighted by Crippen LogP contribution is 2.14. The minimum absolute atomic E-state index is 0.0837. The van der Waals surface area contributed by atoms with Gasteiger partial charge in [-0.1, -0.05) is 42.5 Å². The first-order valence-electron chi connectivity index (χ1n) is 10.7. The summed E-state index contributed by atoms with van der Waals surface area (Å²) in [4.78, 5) is 37.5. The van der Waals surface area contributed by atoms with Crippen LogP contribution in [0.3, 0.4) is 0 Å². The van der Waals surface area contributed by atoms with Crippen molar-refractivity contribution < 1.29 is 28.6 Å². The maximum Gasteiger partial charge on any atom is 0.408 e. The molecule has 0 saturated heterocycles. The maximum absolute atomic E-state index is 12.8. The molecule has 2 atom stereocenters. The largest absolute Gasteiger partial charge is 0.497 e. The summed E-state index contributed by atoms with van der Waals surface area (Å²) in [6, 6.07) is 14.6. The van der Waals surface area contributed by atoms with E-state index in [9.17, 15) is 14.4 Å². The van der Waals surface area contributed by atoms with Crippen LogP contribution in [0.25, 0.3) is 0 Å². The molecule has 0 saturated carbocycles. The van der Waals surface area contributed by atoms with E-state index in [4.69, 9.17) is 14.2 Å². The molecule has 8 nitrogen and oxygen atoms in total. The predicted octanol–water partition coefficient (Wildman–Crippen LogP) is 3.38. The lowest BCUT2D eigenvalue weighted by Crippen LogP contribution is -2.52. The van der Waals surface area contributed by atoms with E-state index in [1.165, 1.54) is 6.92 Å². The molecule has 0 aromatic heterocycles. The number of esters is 1. The highest BCUT2D eigenvalue weighted by molar-refractivity contribution is 5.89. The molecule has 0 bridgehead atoms. The summed E-state index contributed by atoms with van der Waals surface area (Å²) in [6.07, 6.45) is -0.508. The lowest BCUT2D eigenvalue weighted by atomic mass is 10.1. The SMILES string of the molecule is COc1ccc(C[C@H](NC(=O)[C@@H](C)NC(=O)OC(C)(C)C)C(=O)OCc2ccccc2)cc1. The van der Waals surface area contributed by atoms with Gasteiger partial charge >= 0.3 is 12.1 Å². The number of nitrogens with one attached hydrogen (secondary N) is 2. The predicted molar refractivity (Wildman–Crippen MR) is 124 cm³/mol. The first-order chi connectivity index (χ1) is 15.6. The summed E-state index contributed by atoms with van der Waals surface area (Å²) in [5.41, 5.74) is 0.948. The summed E-state index contributed by atoms with van der Waals surface area (Å²) in [6.45, 7) is 6.78. The van der Waals surface area contributed by atoms with E-state index in [0.717, 1.165) is 11.1 Å². The van der Waals surface area contributed by atoms with Gasteiger partial charge in [0.25, 0.3) is 0 Å². The Hall–Kier alpha value is -3.55. The van der Waals surface area contributed by atoms with Gasteiger partial charge in [-0.05, 0) is 51.0 Å². The topological polar surface area (TPSA) is 103 Å². The van der Waals surface area contributed by atoms with Gasteiger partial charge in [-0.2, -0.15) is 0 Å². The molecule has 178 valence electrons. The average Bonchev–Trinajstić information content (AvgIpc) is 2.76. The Balaban J connectivity index is 2.07. The van der Waals surface area contributed by atoms with Crippen molar-refractivity contribution in [3.63, 3.8) is 0 Å². The molecule has 2 aromatic rings. The molecule has 0 aliphatic heterocycles. The van der Waals surface area contributed by atoms with Crippen molar-refractivity contribution in [1.29, 1.82) is 0 Å². The standard InChI is InChI=1S/C25H32N2O6/c1-17(26-24(30)33-25(2,3)4)22(28)27-21(15-18-11-13-20(31-5)14-12-18)23(29)32-16-19-9-7-6-8-10-19/h6-14,17,21H,15-16H2,1-5H3,(H,26,30)(H,27,28)/t17-,21+/m1/s1. The van der Waals surface area contributed by atoms with Crippen LogP contribution in [0.15, 0.2) is 54.6 Å². The Bertz CT molecular complexity index is 922. The Kier molecular flexibility index (Phi) is 9.27. The van der Waals surface area contributed by atoms with Gasteiger partial charge in [0.2, 0.25) is 5.91 Å². The number of benzene rings is 2. The quantitative estimate of drug-likeness (QED) is 0.561. The van der Waals surface area contributed by atoms with Crippen LogP contribution in [0.4, 0.5) is 4.79 Å². The third-order valence-electron chi connectivity index (χ3n) is 4.55. The van der Waals surface area contributed by atoms with Crippen LogP contribution in [-0.4, -0.2) is 42.8 Å². The molecule has 2 rings (SSSR count). The molecule has 0 aliphatic rings. The van der Waals surface area contributed by atoms with Crippen molar-refractivity contribution in [2.24, 2.45) is 0 Å². The summed E-state index contributed by atoms with van der Waals surface area (Å²) in [5, 5.41) is 5.16. The number of hydrogen-bond acceptors (Lipinski definition) is 6. The number of carbonyl (C=O) groups excluding carboxylic acids is 3. The molecule has 2 N–H and O–H groups in total. The van der Waals surface area contributed by atoms with Crippen molar-refractivity contribution in [1.82, 2.24) is 10.6 Å². The molecule has 0 aliphatic carbocycles. The van der Waals surface area contributed by atoms with E-state index >= 15 is 0 Å². The fourth-order valence-corrected chi connectivity index (χ4v) is 2.87. The highest BCUT2D eigenvalue weighted by Gasteiger charge is 2.27. The van der Waals surface area contributed by atoms with Crippen molar-refractivity contribution in [2.45, 2.75) is 58.4 Å². The monoisotopic (exact) mass is 456 g/mol. The third kappa shape index (κ3) is 9.22. The molecular weight excluding hydrogens is 424 g/mol. The zero-order chi connectivity index (χ0) is 24.4. The molecule has 2 aromatic carbocycles. The lowest BCUT2D eigenvalue weighted by molar-refractivity contribution is -0.149. The van der Waals surface area contributed by atoms with Gasteiger partial charge < -0.3 is 24.8 Å². The van der Waals surface area contributed by atoms with Crippen LogP contribution in [-0.2, 0) is 32.1 Å². The number of ether oxygens (including phenoxy) is 3. The number of hydrogen-bond donors (Lipinski definition) is 2. The number of alkyl carbamates (subject to hydrolysis) is 1. The maximum atomic E-state index is 12.8. The van der Waals surface area contributed by atoms with Crippen LogP contribution >= 0.6 is 0 Å². The van der Waals surface area contributed by atoms with E-state index in [1.54, 1.807) is 40.0 Å². The molecule has 0 heterocycles. The first kappa shape index (κ1) is 25.7. The van der Waals surface area contributed by atoms with Crippen molar-refractivity contribution >= 4 is 18.0 Å². The van der Waals surface area contributed by atoms with Crippen molar-refractivity contribution in [3.05, 3.63) is 65.7 Å². The highest BCUT2D eigenvalue weighted by atomic mass is 16.6. The number of amides is 2. The first-order valence-corrected chi connectivity index (χ1v) is 10.7. The Morgan fingerprint density at radius 3 is 2.12 bits per heavy atom. The lowest BCUT2D eigenvalue weighted by Gasteiger charge is -2.23. The van der Waals surface area contributed by atoms with E-state index in [-0.39, 0.29) is 13.0 Å². The molecule has 0 unspecified atom stereocenters. The van der Waals surface area contributed by atoms with Crippen LogP contribution in [0.1, 0.15) is 38.8 Å². The minimum Gasteiger partial charge on any atom is -0.497 e. The number of carbonyl (C=O) groups is 3. The van der Waals surface area contributed by atoms with E-state index in [2.05, 4.69) is 10.6 Å². The molecule has 2 amide bonds. The van der Waals surface area contributed by atoms with E-state index in [0.29, 0.717) is 5.75 Å². The number of rotatable bonds is 9. The normalized spacial score (nSPS) is 12.8. The van der Waals surface area contributed by atoms with Crippen LogP contribution < -0.4 is 15.4 Å². The zero-order valence-electron chi connectivity index (χ0n) is 19.7. The molecule has 0 fully saturated rings. The summed E-state index contributed by atoms with van der Waals surface area (Å²) < 4.78 is 15.8. The van der Waals surface area contributed by atoms with Crippen LogP contribution in [0.5, 0.6) is 5.75 Å². The van der Waals surface area contributed by atoms with E-state index in [1.807, 2.05) is 42.5 Å². The Labute approximate surface area is 194 Å². The van der Waals surface area contributed by atoms with Gasteiger partial charge in [0, 0.05) is 6.42 Å². The van der Waals surface area contributed by atoms with Crippen molar-refractivity contribution in [2.75, 3.05) is 7.11 Å². The van der Waals surface area contributed by atoms with Gasteiger partial charge in [0.1, 0.15) is 30.0 Å². The van der Waals surface area contributed by atoms with Gasteiger partial charge in [-0.3, -0.25) is 4.79 Å². The average molecular weight is 457 g/mol. The molecule has 33 heavy (non-hydrogen) atoms. The van der Waals surface area contributed by atoms with E-state index < -0.39 is 35.7 Å². The van der Waals surface area contributed by atoms with Gasteiger partial charge in [-0.25, -0.2) is 9.59 Å². The second-order valence-corrected chi connectivity index (χ2v) is 8.57. The minimum atomic E-state index is -0.947. The zero-order valence-corrected chi connectivity index (χ0v) is 19.7. The number of methoxy groups -OCH3 is 1. The van der Waals surface area contributed by atoms with Gasteiger partial charge in [0.15, 0.2) is 0 Å². The van der Waals surface area contributed by atoms with Crippen LogP contribution in [0, 0.1) is 0 Å². The molecular formula is C25H32N2O6. The fraction of sp³-hybridized carbons (Fsp3) is 0.400.